The van der Waals surface area contributed by atoms with Gasteiger partial charge in [-0.1, -0.05) is 0 Å². The Morgan fingerprint density at radius 2 is 2.14 bits per heavy atom. The second-order valence-electron chi connectivity index (χ2n) is 3.08. The average Bonchev–Trinajstić information content (AvgIpc) is 2.44. The number of hydrogen-bond acceptors (Lipinski definition) is 3. The third-order valence-corrected chi connectivity index (χ3v) is 1.99. The van der Waals surface area contributed by atoms with Crippen molar-refractivity contribution in [3.63, 3.8) is 0 Å². The number of aryl methyl sites for hydroxylation is 2. The van der Waals surface area contributed by atoms with E-state index in [9.17, 15) is 4.79 Å². The van der Waals surface area contributed by atoms with Crippen LogP contribution < -0.4 is 0 Å². The van der Waals surface area contributed by atoms with Crippen molar-refractivity contribution in [2.24, 2.45) is 0 Å². The zero-order valence-corrected chi connectivity index (χ0v) is 7.85. The molecule has 0 bridgehead atoms. The maximum Gasteiger partial charge on any atom is 0.356 e. The Morgan fingerprint density at radius 3 is 2.79 bits per heavy atom. The van der Waals surface area contributed by atoms with Gasteiger partial charge in [0.2, 0.25) is 0 Å². The average molecular weight is 191 g/mol. The monoisotopic (exact) mass is 191 g/mol. The molecule has 72 valence electrons. The molecule has 0 aliphatic rings. The number of carboxylic acid groups (broad SMARTS) is 1. The van der Waals surface area contributed by atoms with E-state index < -0.39 is 5.97 Å². The standard InChI is InChI=1S/C9H9N3O2/c1-5-3-4-7-8(9(13)14)10-6(2)12(7)11-5/h3-4H,1-2H3,(H,13,14). The molecular formula is C9H9N3O2. The molecule has 1 N–H and O–H groups in total. The molecule has 2 aromatic rings. The second kappa shape index (κ2) is 2.80. The summed E-state index contributed by atoms with van der Waals surface area (Å²) in [6, 6.07) is 3.48. The Hall–Kier alpha value is -1.91. The Balaban J connectivity index is 2.84. The molecule has 0 radical (unpaired) electrons. The van der Waals surface area contributed by atoms with Gasteiger partial charge in [-0.05, 0) is 26.0 Å². The van der Waals surface area contributed by atoms with E-state index in [0.29, 0.717) is 11.3 Å². The predicted octanol–water partition coefficient (Wildman–Crippen LogP) is 1.04. The van der Waals surface area contributed by atoms with Crippen LogP contribution in [0.5, 0.6) is 0 Å². The fraction of sp³-hybridized carbons (Fsp3) is 0.222. The van der Waals surface area contributed by atoms with Gasteiger partial charge in [-0.15, -0.1) is 0 Å². The van der Waals surface area contributed by atoms with Gasteiger partial charge in [0.1, 0.15) is 5.82 Å². The van der Waals surface area contributed by atoms with Gasteiger partial charge in [0, 0.05) is 0 Å². The largest absolute Gasteiger partial charge is 0.476 e. The highest BCUT2D eigenvalue weighted by atomic mass is 16.4. The molecule has 2 aromatic heterocycles. The number of aromatic nitrogens is 3. The molecule has 2 heterocycles. The molecule has 0 spiro atoms. The number of carboxylic acids is 1. The van der Waals surface area contributed by atoms with Crippen molar-refractivity contribution in [2.75, 3.05) is 0 Å². The number of carbonyl (C=O) groups is 1. The summed E-state index contributed by atoms with van der Waals surface area (Å²) in [5.74, 6) is -0.442. The van der Waals surface area contributed by atoms with Crippen LogP contribution in [0.3, 0.4) is 0 Å². The molecule has 0 saturated carbocycles. The van der Waals surface area contributed by atoms with Crippen LogP contribution in [-0.2, 0) is 0 Å². The van der Waals surface area contributed by atoms with Crippen LogP contribution in [0.1, 0.15) is 22.0 Å². The van der Waals surface area contributed by atoms with Gasteiger partial charge >= 0.3 is 5.97 Å². The zero-order valence-electron chi connectivity index (χ0n) is 7.85. The SMILES string of the molecule is Cc1ccc2c(C(=O)O)nc(C)n2n1. The van der Waals surface area contributed by atoms with Crippen LogP contribution >= 0.6 is 0 Å². The molecule has 0 amide bonds. The summed E-state index contributed by atoms with van der Waals surface area (Å²) in [5.41, 5.74) is 1.41. The minimum Gasteiger partial charge on any atom is -0.476 e. The molecule has 0 aromatic carbocycles. The van der Waals surface area contributed by atoms with E-state index in [-0.39, 0.29) is 5.69 Å². The predicted molar refractivity (Wildman–Crippen MR) is 49.4 cm³/mol. The van der Waals surface area contributed by atoms with Gasteiger partial charge in [0.25, 0.3) is 0 Å². The summed E-state index contributed by atoms with van der Waals surface area (Å²) in [4.78, 5) is 14.7. The topological polar surface area (TPSA) is 67.5 Å². The molecule has 2 rings (SSSR count). The Kier molecular flexibility index (Phi) is 1.73. The molecule has 0 aliphatic heterocycles. The number of fused-ring (bicyclic) bond motifs is 1. The first-order chi connectivity index (χ1) is 6.59. The summed E-state index contributed by atoms with van der Waals surface area (Å²) < 4.78 is 1.54. The van der Waals surface area contributed by atoms with Crippen molar-refractivity contribution in [2.45, 2.75) is 13.8 Å². The number of nitrogens with zero attached hydrogens (tertiary/aromatic N) is 3. The van der Waals surface area contributed by atoms with Crippen molar-refractivity contribution in [1.29, 1.82) is 0 Å². The van der Waals surface area contributed by atoms with Crippen LogP contribution in [0, 0.1) is 13.8 Å². The zero-order chi connectivity index (χ0) is 10.3. The van der Waals surface area contributed by atoms with E-state index in [1.165, 1.54) is 0 Å². The first kappa shape index (κ1) is 8.68. The van der Waals surface area contributed by atoms with Crippen LogP contribution in [0.4, 0.5) is 0 Å². The third-order valence-electron chi connectivity index (χ3n) is 1.99. The van der Waals surface area contributed by atoms with Crippen LogP contribution in [-0.4, -0.2) is 25.7 Å². The van der Waals surface area contributed by atoms with Gasteiger partial charge in [0.15, 0.2) is 5.69 Å². The Morgan fingerprint density at radius 1 is 1.43 bits per heavy atom. The maximum absolute atomic E-state index is 10.8. The quantitative estimate of drug-likeness (QED) is 0.731. The van der Waals surface area contributed by atoms with E-state index >= 15 is 0 Å². The van der Waals surface area contributed by atoms with Gasteiger partial charge in [-0.25, -0.2) is 14.3 Å². The van der Waals surface area contributed by atoms with Gasteiger partial charge < -0.3 is 5.11 Å². The first-order valence-electron chi connectivity index (χ1n) is 4.16. The van der Waals surface area contributed by atoms with E-state index in [2.05, 4.69) is 10.1 Å². The van der Waals surface area contributed by atoms with Crippen molar-refractivity contribution in [3.8, 4) is 0 Å². The minimum absolute atomic E-state index is 0.0509. The van der Waals surface area contributed by atoms with Crippen molar-refractivity contribution >= 4 is 11.5 Å². The lowest BCUT2D eigenvalue weighted by molar-refractivity contribution is 0.0693. The highest BCUT2D eigenvalue weighted by Crippen LogP contribution is 2.11. The van der Waals surface area contributed by atoms with E-state index in [0.717, 1.165) is 5.69 Å². The Bertz CT molecular complexity index is 516. The fourth-order valence-corrected chi connectivity index (χ4v) is 1.36. The number of rotatable bonds is 1. The lowest BCUT2D eigenvalue weighted by Gasteiger charge is -1.96. The molecule has 0 unspecified atom stereocenters. The number of imidazole rings is 1. The molecule has 5 nitrogen and oxygen atoms in total. The second-order valence-corrected chi connectivity index (χ2v) is 3.08. The minimum atomic E-state index is -1.03. The molecule has 0 aliphatic carbocycles. The van der Waals surface area contributed by atoms with Gasteiger partial charge in [0.05, 0.1) is 11.2 Å². The number of hydrogen-bond donors (Lipinski definition) is 1. The van der Waals surface area contributed by atoms with E-state index in [1.807, 2.05) is 6.92 Å². The van der Waals surface area contributed by atoms with Crippen LogP contribution in [0.2, 0.25) is 0 Å². The lowest BCUT2D eigenvalue weighted by atomic mass is 10.3. The Labute approximate surface area is 80.0 Å². The maximum atomic E-state index is 10.8. The summed E-state index contributed by atoms with van der Waals surface area (Å²) in [6.07, 6.45) is 0. The summed E-state index contributed by atoms with van der Waals surface area (Å²) in [5, 5.41) is 13.0. The highest BCUT2D eigenvalue weighted by Gasteiger charge is 2.14. The highest BCUT2D eigenvalue weighted by molar-refractivity contribution is 5.93. The van der Waals surface area contributed by atoms with Crippen LogP contribution in [0.25, 0.3) is 5.52 Å². The summed E-state index contributed by atoms with van der Waals surface area (Å²) >= 11 is 0. The van der Waals surface area contributed by atoms with Crippen molar-refractivity contribution in [3.05, 3.63) is 29.3 Å². The summed E-state index contributed by atoms with van der Waals surface area (Å²) in [6.45, 7) is 3.57. The van der Waals surface area contributed by atoms with E-state index in [1.54, 1.807) is 23.6 Å². The lowest BCUT2D eigenvalue weighted by Crippen LogP contribution is -1.98. The van der Waals surface area contributed by atoms with E-state index in [4.69, 9.17) is 5.11 Å². The molecule has 5 heteroatoms. The number of aromatic carboxylic acids is 1. The normalized spacial score (nSPS) is 10.7. The van der Waals surface area contributed by atoms with Gasteiger partial charge in [-0.3, -0.25) is 0 Å². The molecule has 0 fully saturated rings. The first-order valence-corrected chi connectivity index (χ1v) is 4.16. The smallest absolute Gasteiger partial charge is 0.356 e. The molecule has 0 saturated heterocycles. The fourth-order valence-electron chi connectivity index (χ4n) is 1.36. The van der Waals surface area contributed by atoms with Crippen molar-refractivity contribution < 1.29 is 9.90 Å². The summed E-state index contributed by atoms with van der Waals surface area (Å²) in [7, 11) is 0. The van der Waals surface area contributed by atoms with Crippen molar-refractivity contribution in [1.82, 2.24) is 14.6 Å². The van der Waals surface area contributed by atoms with Gasteiger partial charge in [-0.2, -0.15) is 5.10 Å². The molecule has 14 heavy (non-hydrogen) atoms. The molecular weight excluding hydrogens is 182 g/mol. The third kappa shape index (κ3) is 1.14. The van der Waals surface area contributed by atoms with Crippen LogP contribution in [0.15, 0.2) is 12.1 Å². The molecule has 0 atom stereocenters.